The molecule has 1 saturated carbocycles. The molecule has 0 spiro atoms. The van der Waals surface area contributed by atoms with E-state index in [1.54, 1.807) is 21.8 Å². The summed E-state index contributed by atoms with van der Waals surface area (Å²) in [4.78, 5) is 28.3. The van der Waals surface area contributed by atoms with Gasteiger partial charge in [-0.2, -0.15) is 14.7 Å². The third-order valence-electron chi connectivity index (χ3n) is 7.73. The molecule has 7 rings (SSSR count). The van der Waals surface area contributed by atoms with E-state index in [2.05, 4.69) is 31.3 Å². The zero-order valence-corrected chi connectivity index (χ0v) is 20.2. The van der Waals surface area contributed by atoms with Gasteiger partial charge < -0.3 is 15.7 Å². The van der Waals surface area contributed by atoms with Crippen molar-refractivity contribution >= 4 is 17.4 Å². The highest BCUT2D eigenvalue weighted by molar-refractivity contribution is 5.91. The fraction of sp³-hybridized carbons (Fsp3) is 0.385. The van der Waals surface area contributed by atoms with Gasteiger partial charge in [-0.3, -0.25) is 14.9 Å². The number of nitrogen functional groups attached to an aromatic ring is 1. The average Bonchev–Trinajstić information content (AvgIpc) is 3.34. The zero-order chi connectivity index (χ0) is 25.1. The van der Waals surface area contributed by atoms with E-state index >= 15 is 0 Å². The summed E-state index contributed by atoms with van der Waals surface area (Å²) in [5.74, 6) is 1.08. The van der Waals surface area contributed by atoms with E-state index in [4.69, 9.17) is 10.7 Å². The molecule has 1 aliphatic heterocycles. The van der Waals surface area contributed by atoms with Crippen molar-refractivity contribution in [2.24, 2.45) is 0 Å². The van der Waals surface area contributed by atoms with Crippen LogP contribution in [0, 0.1) is 0 Å². The third kappa shape index (κ3) is 3.69. The van der Waals surface area contributed by atoms with Gasteiger partial charge in [-0.1, -0.05) is 6.08 Å². The maximum Gasteiger partial charge on any atom is 0.295 e. The Morgan fingerprint density at radius 3 is 2.92 bits per heavy atom. The molecule has 2 atom stereocenters. The number of amides is 1. The number of nitrogens with two attached hydrogens (primary N) is 1. The van der Waals surface area contributed by atoms with Crippen molar-refractivity contribution < 1.29 is 9.90 Å². The monoisotopic (exact) mass is 497 g/mol. The van der Waals surface area contributed by atoms with Crippen LogP contribution in [0.15, 0.2) is 37.1 Å². The molecule has 37 heavy (non-hydrogen) atoms. The van der Waals surface area contributed by atoms with Crippen LogP contribution in [-0.4, -0.2) is 56.7 Å². The number of anilines is 1. The minimum atomic E-state index is -0.491. The quantitative estimate of drug-likeness (QED) is 0.368. The summed E-state index contributed by atoms with van der Waals surface area (Å²) in [7, 11) is 0. The van der Waals surface area contributed by atoms with E-state index in [1.807, 2.05) is 12.3 Å². The largest absolute Gasteiger partial charge is 0.387 e. The van der Waals surface area contributed by atoms with E-state index in [1.165, 1.54) is 6.33 Å². The van der Waals surface area contributed by atoms with Gasteiger partial charge in [-0.25, -0.2) is 9.97 Å². The summed E-state index contributed by atoms with van der Waals surface area (Å²) in [6.45, 7) is 0. The van der Waals surface area contributed by atoms with Crippen LogP contribution >= 0.6 is 0 Å². The Hall–Kier alpha value is -4.12. The lowest BCUT2D eigenvalue weighted by Crippen LogP contribution is -2.34. The second kappa shape index (κ2) is 8.48. The van der Waals surface area contributed by atoms with Crippen molar-refractivity contribution in [1.82, 2.24) is 39.7 Å². The number of rotatable bonds is 6. The van der Waals surface area contributed by atoms with Crippen molar-refractivity contribution in [2.45, 2.75) is 63.0 Å². The first kappa shape index (κ1) is 22.1. The lowest BCUT2D eigenvalue weighted by molar-refractivity contribution is 0.0767. The molecule has 188 valence electrons. The molecular weight excluding hydrogens is 470 g/mol. The number of fused-ring (bicyclic) bond motifs is 2. The molecule has 11 nitrogen and oxygen atoms in total. The number of carbonyl (C=O) groups excluding carboxylic acids is 1. The molecule has 2 aliphatic carbocycles. The van der Waals surface area contributed by atoms with Crippen LogP contribution in [0.2, 0.25) is 0 Å². The van der Waals surface area contributed by atoms with Crippen molar-refractivity contribution in [3.63, 3.8) is 0 Å². The maximum atomic E-state index is 12.9. The van der Waals surface area contributed by atoms with E-state index in [0.29, 0.717) is 30.2 Å². The molecule has 4 N–H and O–H groups in total. The van der Waals surface area contributed by atoms with Gasteiger partial charge in [-0.05, 0) is 62.5 Å². The molecule has 1 amide bonds. The summed E-state index contributed by atoms with van der Waals surface area (Å²) in [5, 5.41) is 21.2. The first-order valence-corrected chi connectivity index (χ1v) is 12.8. The zero-order valence-electron chi connectivity index (χ0n) is 20.2. The summed E-state index contributed by atoms with van der Waals surface area (Å²) in [6.07, 6.45) is 14.2. The second-order valence-electron chi connectivity index (χ2n) is 10.1. The SMILES string of the molecule is Nc1c(C2CC2)c(CCC2CC=CN2C(=O)c2ncn[nH]2)nc2c(-c3cnc4c(c3)CCC4O)cnn12. The van der Waals surface area contributed by atoms with E-state index < -0.39 is 6.10 Å². The Labute approximate surface area is 212 Å². The van der Waals surface area contributed by atoms with Gasteiger partial charge in [0.1, 0.15) is 12.1 Å². The number of carbonyl (C=O) groups is 1. The number of pyridine rings is 1. The smallest absolute Gasteiger partial charge is 0.295 e. The lowest BCUT2D eigenvalue weighted by atomic mass is 10.0. The number of nitrogens with one attached hydrogen (secondary N) is 1. The molecule has 2 unspecified atom stereocenters. The fourth-order valence-electron chi connectivity index (χ4n) is 5.68. The summed E-state index contributed by atoms with van der Waals surface area (Å²) >= 11 is 0. The summed E-state index contributed by atoms with van der Waals surface area (Å²) in [5.41, 5.74) is 13.1. The third-order valence-corrected chi connectivity index (χ3v) is 7.73. The van der Waals surface area contributed by atoms with Crippen LogP contribution in [0.4, 0.5) is 5.82 Å². The second-order valence-corrected chi connectivity index (χ2v) is 10.1. The lowest BCUT2D eigenvalue weighted by Gasteiger charge is -2.23. The molecule has 11 heteroatoms. The molecule has 0 aromatic carbocycles. The van der Waals surface area contributed by atoms with Crippen LogP contribution in [0.5, 0.6) is 0 Å². The Morgan fingerprint density at radius 1 is 1.22 bits per heavy atom. The molecular formula is C26H27N9O2. The summed E-state index contributed by atoms with van der Waals surface area (Å²) in [6, 6.07) is 2.10. The molecule has 4 aromatic rings. The van der Waals surface area contributed by atoms with Crippen molar-refractivity contribution in [1.29, 1.82) is 0 Å². The van der Waals surface area contributed by atoms with Crippen LogP contribution in [-0.2, 0) is 12.8 Å². The number of H-pyrrole nitrogens is 1. The predicted molar refractivity (Wildman–Crippen MR) is 134 cm³/mol. The molecule has 0 radical (unpaired) electrons. The number of nitrogens with zero attached hydrogens (tertiary/aromatic N) is 7. The number of aliphatic hydroxyl groups is 1. The van der Waals surface area contributed by atoms with Crippen molar-refractivity contribution in [2.75, 3.05) is 5.73 Å². The van der Waals surface area contributed by atoms with Gasteiger partial charge in [-0.15, -0.1) is 0 Å². The van der Waals surface area contributed by atoms with Gasteiger partial charge in [0, 0.05) is 35.1 Å². The first-order valence-electron chi connectivity index (χ1n) is 12.8. The molecule has 1 fully saturated rings. The summed E-state index contributed by atoms with van der Waals surface area (Å²) < 4.78 is 1.74. The molecule has 3 aliphatic rings. The highest BCUT2D eigenvalue weighted by atomic mass is 16.3. The molecule has 4 aromatic heterocycles. The minimum absolute atomic E-state index is 0.0145. The number of hydrogen-bond donors (Lipinski definition) is 3. The molecule has 5 heterocycles. The topological polar surface area (TPSA) is 151 Å². The average molecular weight is 498 g/mol. The standard InChI is InChI=1S/C26H27N9O2/c27-23-21(14-3-4-14)19(7-6-17-2-1-9-34(17)26(37)24-29-13-30-33-24)32-25-18(12-31-35(23)25)16-10-15-5-8-20(36)22(15)28-11-16/h1,9-14,17,20,36H,2-8,27H2,(H,29,30,33). The van der Waals surface area contributed by atoms with E-state index in [9.17, 15) is 9.90 Å². The fourth-order valence-corrected chi connectivity index (χ4v) is 5.68. The Morgan fingerprint density at radius 2 is 2.11 bits per heavy atom. The number of aromatic nitrogens is 7. The molecule has 0 saturated heterocycles. The highest BCUT2D eigenvalue weighted by Crippen LogP contribution is 2.45. The Kier molecular flexibility index (Phi) is 5.07. The number of hydrogen-bond acceptors (Lipinski definition) is 8. The highest BCUT2D eigenvalue weighted by Gasteiger charge is 2.33. The van der Waals surface area contributed by atoms with E-state index in [-0.39, 0.29) is 17.8 Å². The van der Waals surface area contributed by atoms with Gasteiger partial charge >= 0.3 is 0 Å². The van der Waals surface area contributed by atoms with Crippen molar-refractivity contribution in [3.8, 4) is 11.1 Å². The van der Waals surface area contributed by atoms with Gasteiger partial charge in [0.15, 0.2) is 5.65 Å². The molecule has 0 bridgehead atoms. The predicted octanol–water partition coefficient (Wildman–Crippen LogP) is 2.71. The minimum Gasteiger partial charge on any atom is -0.387 e. The van der Waals surface area contributed by atoms with Gasteiger partial charge in [0.25, 0.3) is 5.91 Å². The van der Waals surface area contributed by atoms with Crippen LogP contribution in [0.1, 0.15) is 77.3 Å². The Bertz CT molecular complexity index is 1540. The normalized spacial score (nSPS) is 20.7. The van der Waals surface area contributed by atoms with Gasteiger partial charge in [0.05, 0.1) is 23.7 Å². The van der Waals surface area contributed by atoms with Crippen molar-refractivity contribution in [3.05, 3.63) is 65.4 Å². The number of aliphatic hydroxyl groups excluding tert-OH is 1. The number of aryl methyl sites for hydroxylation is 2. The number of aromatic amines is 1. The Balaban J connectivity index is 1.22. The maximum absolute atomic E-state index is 12.9. The van der Waals surface area contributed by atoms with Crippen LogP contribution < -0.4 is 5.73 Å². The van der Waals surface area contributed by atoms with Crippen LogP contribution in [0.25, 0.3) is 16.8 Å². The van der Waals surface area contributed by atoms with Crippen LogP contribution in [0.3, 0.4) is 0 Å². The first-order chi connectivity index (χ1) is 18.1. The van der Waals surface area contributed by atoms with Gasteiger partial charge in [0.2, 0.25) is 5.82 Å². The van der Waals surface area contributed by atoms with E-state index in [0.717, 1.165) is 65.7 Å².